The minimum atomic E-state index is -5.19. The zero-order chi connectivity index (χ0) is 32.6. The summed E-state index contributed by atoms with van der Waals surface area (Å²) in [4.78, 5) is 29.4. The molecule has 2 aromatic rings. The number of alkyl halides is 3. The number of fused-ring (bicyclic) bond motifs is 8. The average molecular weight is 664 g/mol. The highest BCUT2D eigenvalue weighted by atomic mass is 32.2. The summed E-state index contributed by atoms with van der Waals surface area (Å²) >= 11 is 1.21. The number of carbonyl (C=O) groups excluding carboxylic acids is 2. The number of aliphatic hydroxyl groups excluding tert-OH is 1. The molecule has 6 aliphatic rings. The summed E-state index contributed by atoms with van der Waals surface area (Å²) in [5.74, 6) is -2.06. The van der Waals surface area contributed by atoms with Gasteiger partial charge in [-0.05, 0) is 55.0 Å². The molecule has 8 rings (SSSR count). The minimum absolute atomic E-state index is 0.0188. The summed E-state index contributed by atoms with van der Waals surface area (Å²) < 4.78 is 63.0. The van der Waals surface area contributed by atoms with E-state index in [2.05, 4.69) is 4.90 Å². The first-order valence-electron chi connectivity index (χ1n) is 15.1. The molecule has 0 radical (unpaired) electrons. The lowest BCUT2D eigenvalue weighted by atomic mass is 9.75. The molecular formula is C31H32F3N3O8S. The van der Waals surface area contributed by atoms with Crippen LogP contribution in [0.15, 0.2) is 6.07 Å². The van der Waals surface area contributed by atoms with Crippen LogP contribution in [0.25, 0.3) is 0 Å². The van der Waals surface area contributed by atoms with E-state index in [0.29, 0.717) is 34.8 Å². The highest BCUT2D eigenvalue weighted by Gasteiger charge is 2.66. The van der Waals surface area contributed by atoms with Crippen LogP contribution >= 0.6 is 11.8 Å². The van der Waals surface area contributed by atoms with Gasteiger partial charge < -0.3 is 34.5 Å². The number of piperazine rings is 1. The highest BCUT2D eigenvalue weighted by molar-refractivity contribution is 7.99. The summed E-state index contributed by atoms with van der Waals surface area (Å²) in [5.41, 5.74) is 5.68. The Morgan fingerprint density at radius 3 is 2.52 bits per heavy atom. The fourth-order valence-electron chi connectivity index (χ4n) is 8.64. The number of rotatable bonds is 2. The molecule has 0 aromatic heterocycles. The van der Waals surface area contributed by atoms with Crippen LogP contribution in [0.1, 0.15) is 68.7 Å². The van der Waals surface area contributed by atoms with Gasteiger partial charge in [0.2, 0.25) is 6.79 Å². The number of methoxy groups -OCH3 is 1. The monoisotopic (exact) mass is 663 g/mol. The van der Waals surface area contributed by atoms with Crippen LogP contribution in [0.4, 0.5) is 13.2 Å². The molecule has 3 fully saturated rings. The lowest BCUT2D eigenvalue weighted by Gasteiger charge is -2.64. The number of ether oxygens (including phenoxy) is 4. The van der Waals surface area contributed by atoms with Gasteiger partial charge in [-0.15, -0.1) is 11.8 Å². The van der Waals surface area contributed by atoms with Crippen molar-refractivity contribution in [3.05, 3.63) is 45.0 Å². The molecule has 2 aromatic carbocycles. The van der Waals surface area contributed by atoms with Gasteiger partial charge in [-0.3, -0.25) is 14.6 Å². The Balaban J connectivity index is 1.34. The van der Waals surface area contributed by atoms with Gasteiger partial charge >= 0.3 is 18.1 Å². The van der Waals surface area contributed by atoms with Gasteiger partial charge in [0, 0.05) is 34.2 Å². The van der Waals surface area contributed by atoms with Gasteiger partial charge in [-0.25, -0.2) is 4.79 Å². The first-order chi connectivity index (χ1) is 21.8. The molecule has 6 heterocycles. The van der Waals surface area contributed by atoms with Crippen LogP contribution < -0.4 is 19.5 Å². The number of cyclic esters (lactones) is 1. The normalized spacial score (nSPS) is 32.5. The van der Waals surface area contributed by atoms with Gasteiger partial charge in [-0.2, -0.15) is 13.2 Å². The predicted molar refractivity (Wildman–Crippen MR) is 156 cm³/mol. The number of thioether (sulfide) groups is 1. The number of phenolic OH excluding ortho intramolecular Hbond substituents is 1. The number of benzene rings is 2. The van der Waals surface area contributed by atoms with Crippen molar-refractivity contribution in [2.45, 2.75) is 81.1 Å². The summed E-state index contributed by atoms with van der Waals surface area (Å²) in [6, 6.07) is -1.65. The van der Waals surface area contributed by atoms with Crippen LogP contribution in [0.2, 0.25) is 0 Å². The SMILES string of the molecule is COc1c(C)cc2c(c1O)[C@@H]1C3[C@@H]4SC[C@H](NC(=O)C(F)(F)F)C(=O)OCC(c5c6c(c(C)c(C)c54)OCO6)N3[C@@H](O)[C@@H]3CC2N13. The number of aliphatic hydroxyl groups is 1. The number of halogens is 3. The number of aryl methyl sites for hydroxylation is 1. The fraction of sp³-hybridized carbons (Fsp3) is 0.548. The van der Waals surface area contributed by atoms with E-state index >= 15 is 0 Å². The van der Waals surface area contributed by atoms with Crippen molar-refractivity contribution in [3.63, 3.8) is 0 Å². The van der Waals surface area contributed by atoms with Gasteiger partial charge in [0.15, 0.2) is 23.0 Å². The number of hydrogen-bond donors (Lipinski definition) is 3. The molecule has 246 valence electrons. The van der Waals surface area contributed by atoms with Crippen LogP contribution in [0.3, 0.4) is 0 Å². The summed E-state index contributed by atoms with van der Waals surface area (Å²) in [6.45, 7) is 5.37. The Labute approximate surface area is 265 Å². The Bertz CT molecular complexity index is 1700. The van der Waals surface area contributed by atoms with E-state index in [4.69, 9.17) is 18.9 Å². The number of carbonyl (C=O) groups is 2. The number of hydrogen-bond acceptors (Lipinski definition) is 11. The molecule has 8 atom stereocenters. The summed E-state index contributed by atoms with van der Waals surface area (Å²) in [7, 11) is 1.49. The Morgan fingerprint density at radius 2 is 1.80 bits per heavy atom. The van der Waals surface area contributed by atoms with Gasteiger partial charge in [0.05, 0.1) is 25.2 Å². The van der Waals surface area contributed by atoms with Crippen molar-refractivity contribution in [3.8, 4) is 23.0 Å². The van der Waals surface area contributed by atoms with Crippen molar-refractivity contribution in [1.82, 2.24) is 15.1 Å². The third-order valence-electron chi connectivity index (χ3n) is 10.6. The smallest absolute Gasteiger partial charge is 0.471 e. The average Bonchev–Trinajstić information content (AvgIpc) is 3.57. The van der Waals surface area contributed by atoms with Crippen molar-refractivity contribution in [2.24, 2.45) is 0 Å². The highest BCUT2D eigenvalue weighted by Crippen LogP contribution is 2.68. The number of phenols is 1. The maximum atomic E-state index is 13.3. The van der Waals surface area contributed by atoms with Crippen LogP contribution in [0, 0.1) is 20.8 Å². The molecule has 11 nitrogen and oxygen atoms in total. The molecule has 0 spiro atoms. The minimum Gasteiger partial charge on any atom is -0.504 e. The maximum absolute atomic E-state index is 13.3. The number of amides is 1. The standard InChI is InChI=1S/C31H32F3N3O8S/c1-10-5-13-15-6-16-28(39)37-17-7-43-29(40)14(35-30(41)31(32,33)34)8-46-27(18-11(2)12(3)25-26(20(17)18)45-9-44-25)22(37)21(36(15)16)19(13)23(38)24(10)42-4/h5,14-17,21-22,27-28,38-39H,6-9H2,1-4H3,(H,35,41)/t14-,15?,16-,17?,21+,22?,27+,28-/m0/s1. The van der Waals surface area contributed by atoms with Crippen LogP contribution in [-0.4, -0.2) is 88.7 Å². The zero-order valence-corrected chi connectivity index (χ0v) is 26.1. The molecule has 3 N–H and O–H groups in total. The molecule has 1 amide bonds. The molecule has 3 saturated heterocycles. The first-order valence-corrected chi connectivity index (χ1v) is 16.1. The largest absolute Gasteiger partial charge is 0.504 e. The summed E-state index contributed by atoms with van der Waals surface area (Å²) in [6.07, 6.45) is -5.56. The zero-order valence-electron chi connectivity index (χ0n) is 25.3. The van der Waals surface area contributed by atoms with Crippen LogP contribution in [0.5, 0.6) is 23.0 Å². The van der Waals surface area contributed by atoms with Crippen molar-refractivity contribution in [2.75, 3.05) is 26.3 Å². The Hall–Kier alpha value is -3.40. The lowest BCUT2D eigenvalue weighted by Crippen LogP contribution is -2.71. The lowest BCUT2D eigenvalue weighted by molar-refractivity contribution is -0.224. The molecule has 2 bridgehead atoms. The number of nitrogens with one attached hydrogen (secondary N) is 1. The molecule has 15 heteroatoms. The maximum Gasteiger partial charge on any atom is 0.471 e. The van der Waals surface area contributed by atoms with Crippen molar-refractivity contribution >= 4 is 23.6 Å². The second-order valence-corrected chi connectivity index (χ2v) is 13.9. The Morgan fingerprint density at radius 1 is 1.07 bits per heavy atom. The molecule has 0 saturated carbocycles. The van der Waals surface area contributed by atoms with E-state index in [-0.39, 0.29) is 37.0 Å². The van der Waals surface area contributed by atoms with Gasteiger partial charge in [0.25, 0.3) is 0 Å². The summed E-state index contributed by atoms with van der Waals surface area (Å²) in [5, 5.41) is 25.1. The fourth-order valence-corrected chi connectivity index (χ4v) is 10.2. The van der Waals surface area contributed by atoms with E-state index in [1.807, 2.05) is 37.1 Å². The van der Waals surface area contributed by atoms with E-state index < -0.39 is 53.7 Å². The molecule has 6 aliphatic heterocycles. The molecule has 0 aliphatic carbocycles. The van der Waals surface area contributed by atoms with E-state index in [1.165, 1.54) is 18.9 Å². The number of aromatic hydroxyl groups is 1. The quantitative estimate of drug-likeness (QED) is 0.409. The second-order valence-electron chi connectivity index (χ2n) is 12.7. The predicted octanol–water partition coefficient (Wildman–Crippen LogP) is 3.36. The topological polar surface area (TPSA) is 130 Å². The van der Waals surface area contributed by atoms with E-state index in [0.717, 1.165) is 27.8 Å². The van der Waals surface area contributed by atoms with E-state index in [9.17, 15) is 33.0 Å². The van der Waals surface area contributed by atoms with Crippen LogP contribution in [-0.2, 0) is 14.3 Å². The van der Waals surface area contributed by atoms with Gasteiger partial charge in [-0.1, -0.05) is 6.07 Å². The second kappa shape index (κ2) is 10.1. The molecular weight excluding hydrogens is 631 g/mol. The van der Waals surface area contributed by atoms with Crippen molar-refractivity contribution in [1.29, 1.82) is 0 Å². The Kier molecular flexibility index (Phi) is 6.55. The third kappa shape index (κ3) is 3.85. The molecule has 46 heavy (non-hydrogen) atoms. The number of esters is 1. The van der Waals surface area contributed by atoms with E-state index in [1.54, 1.807) is 0 Å². The third-order valence-corrected chi connectivity index (χ3v) is 12.0. The first kappa shape index (κ1) is 30.0. The van der Waals surface area contributed by atoms with Crippen molar-refractivity contribution < 1.29 is 51.9 Å². The molecule has 3 unspecified atom stereocenters. The van der Waals surface area contributed by atoms with Gasteiger partial charge in [0.1, 0.15) is 18.9 Å². The number of nitrogens with zero attached hydrogens (tertiary/aromatic N) is 2.